The van der Waals surface area contributed by atoms with E-state index in [9.17, 15) is 0 Å². The zero-order valence-corrected chi connectivity index (χ0v) is 22.2. The Morgan fingerprint density at radius 1 is 0.529 bits per heavy atom. The van der Waals surface area contributed by atoms with Crippen LogP contribution in [0.4, 0.5) is 17.1 Å². The van der Waals surface area contributed by atoms with Crippen LogP contribution in [0.3, 0.4) is 0 Å². The molecule has 0 aromatic heterocycles. The van der Waals surface area contributed by atoms with E-state index in [1.165, 1.54) is 48.9 Å². The van der Waals surface area contributed by atoms with Crippen LogP contribution < -0.4 is 4.90 Å². The van der Waals surface area contributed by atoms with Gasteiger partial charge in [0.15, 0.2) is 0 Å². The van der Waals surface area contributed by atoms with Crippen LogP contribution in [-0.4, -0.2) is 0 Å². The Hall–Kier alpha value is -2.36. The van der Waals surface area contributed by atoms with E-state index < -0.39 is 0 Å². The lowest BCUT2D eigenvalue weighted by Gasteiger charge is -2.28. The molecule has 170 valence electrons. The molecule has 4 aromatic carbocycles. The molecule has 0 N–H and O–H groups in total. The highest BCUT2D eigenvalue weighted by atomic mass is 79.9. The van der Waals surface area contributed by atoms with Gasteiger partial charge in [-0.1, -0.05) is 68.6 Å². The minimum absolute atomic E-state index is 0.749. The van der Waals surface area contributed by atoms with Crippen molar-refractivity contribution in [3.8, 4) is 11.1 Å². The van der Waals surface area contributed by atoms with E-state index in [4.69, 9.17) is 0 Å². The monoisotopic (exact) mass is 571 g/mol. The van der Waals surface area contributed by atoms with Crippen molar-refractivity contribution in [2.24, 2.45) is 0 Å². The molecule has 3 aliphatic rings. The number of rotatable bonds is 4. The Kier molecular flexibility index (Phi) is 6.09. The fourth-order valence-electron chi connectivity index (χ4n) is 5.86. The first kappa shape index (κ1) is 22.1. The first-order valence-corrected chi connectivity index (χ1v) is 13.8. The third-order valence-electron chi connectivity index (χ3n) is 7.54. The predicted octanol–water partition coefficient (Wildman–Crippen LogP) is 10.5. The molecule has 1 fully saturated rings. The zero-order valence-electron chi connectivity index (χ0n) is 19.1. The van der Waals surface area contributed by atoms with Gasteiger partial charge in [0.1, 0.15) is 0 Å². The Balaban J connectivity index is 1.43. The highest BCUT2D eigenvalue weighted by Gasteiger charge is 2.30. The van der Waals surface area contributed by atoms with Crippen molar-refractivity contribution in [3.63, 3.8) is 0 Å². The molecule has 2 atom stereocenters. The molecule has 2 unspecified atom stereocenters. The lowest BCUT2D eigenvalue weighted by molar-refractivity contribution is 0.527. The Morgan fingerprint density at radius 2 is 1.12 bits per heavy atom. The van der Waals surface area contributed by atoms with Gasteiger partial charge in [-0.15, -0.1) is 0 Å². The zero-order chi connectivity index (χ0) is 23.1. The number of hydrogen-bond donors (Lipinski definition) is 0. The average molecular weight is 573 g/mol. The van der Waals surface area contributed by atoms with E-state index in [0.29, 0.717) is 0 Å². The number of halogens is 2. The molecule has 0 aliphatic heterocycles. The second kappa shape index (κ2) is 9.36. The average Bonchev–Trinajstić information content (AvgIpc) is 3.22. The first-order chi connectivity index (χ1) is 16.7. The van der Waals surface area contributed by atoms with Crippen LogP contribution in [0.2, 0.25) is 0 Å². The molecule has 3 heteroatoms. The summed E-state index contributed by atoms with van der Waals surface area (Å²) in [6.07, 6.45) is 6.84. The largest absolute Gasteiger partial charge is 0.310 e. The van der Waals surface area contributed by atoms with Gasteiger partial charge in [-0.25, -0.2) is 0 Å². The highest BCUT2D eigenvalue weighted by molar-refractivity contribution is 9.10. The Bertz CT molecular complexity index is 1260. The molecule has 0 saturated heterocycles. The maximum Gasteiger partial charge on any atom is 0.0467 e. The van der Waals surface area contributed by atoms with E-state index in [2.05, 4.69) is 128 Å². The normalized spacial score (nSPS) is 18.9. The molecule has 0 heterocycles. The van der Waals surface area contributed by atoms with Gasteiger partial charge in [-0.2, -0.15) is 0 Å². The van der Waals surface area contributed by atoms with Crippen molar-refractivity contribution in [3.05, 3.63) is 111 Å². The van der Waals surface area contributed by atoms with E-state index in [1.807, 2.05) is 0 Å². The SMILES string of the molecule is Brc1ccc(N(c2ccc(Br)cc2)c2cccc(-c3ccc4c(c3)C3CCCC4CC3)c2)cc1. The van der Waals surface area contributed by atoms with Crippen molar-refractivity contribution in [1.29, 1.82) is 0 Å². The first-order valence-electron chi connectivity index (χ1n) is 12.2. The van der Waals surface area contributed by atoms with Gasteiger partial charge in [-0.05, 0) is 120 Å². The van der Waals surface area contributed by atoms with Crippen LogP contribution in [-0.2, 0) is 0 Å². The number of hydrogen-bond acceptors (Lipinski definition) is 1. The summed E-state index contributed by atoms with van der Waals surface area (Å²) in [5.74, 6) is 1.53. The number of fused-ring (bicyclic) bond motifs is 3. The van der Waals surface area contributed by atoms with Crippen LogP contribution in [0.15, 0.2) is 99.9 Å². The number of nitrogens with zero attached hydrogens (tertiary/aromatic N) is 1. The summed E-state index contributed by atoms with van der Waals surface area (Å²) in [4.78, 5) is 2.33. The third kappa shape index (κ3) is 4.25. The van der Waals surface area contributed by atoms with E-state index in [-0.39, 0.29) is 0 Å². The summed E-state index contributed by atoms with van der Waals surface area (Å²) in [7, 11) is 0. The summed E-state index contributed by atoms with van der Waals surface area (Å²) in [5, 5.41) is 0. The maximum atomic E-state index is 3.58. The van der Waals surface area contributed by atoms with Crippen LogP contribution in [0, 0.1) is 0 Å². The van der Waals surface area contributed by atoms with Crippen molar-refractivity contribution >= 4 is 48.9 Å². The van der Waals surface area contributed by atoms with Gasteiger partial charge in [0, 0.05) is 26.0 Å². The van der Waals surface area contributed by atoms with Crippen molar-refractivity contribution in [2.45, 2.75) is 43.9 Å². The summed E-state index contributed by atoms with van der Waals surface area (Å²) < 4.78 is 2.17. The fourth-order valence-corrected chi connectivity index (χ4v) is 6.38. The third-order valence-corrected chi connectivity index (χ3v) is 8.60. The number of anilines is 3. The molecule has 34 heavy (non-hydrogen) atoms. The second-order valence-corrected chi connectivity index (χ2v) is 11.4. The summed E-state index contributed by atoms with van der Waals surface area (Å²) in [6, 6.07) is 33.3. The Labute approximate surface area is 219 Å². The van der Waals surface area contributed by atoms with E-state index in [0.717, 1.165) is 32.2 Å². The van der Waals surface area contributed by atoms with Crippen LogP contribution >= 0.6 is 31.9 Å². The van der Waals surface area contributed by atoms with Gasteiger partial charge in [-0.3, -0.25) is 0 Å². The molecule has 1 saturated carbocycles. The second-order valence-electron chi connectivity index (χ2n) is 9.58. The fraction of sp³-hybridized carbons (Fsp3) is 0.226. The van der Waals surface area contributed by atoms with E-state index in [1.54, 1.807) is 11.1 Å². The quantitative estimate of drug-likeness (QED) is 0.235. The van der Waals surface area contributed by atoms with Gasteiger partial charge < -0.3 is 4.90 Å². The molecule has 4 aromatic rings. The predicted molar refractivity (Wildman–Crippen MR) is 151 cm³/mol. The van der Waals surface area contributed by atoms with E-state index >= 15 is 0 Å². The van der Waals surface area contributed by atoms with Crippen molar-refractivity contribution in [2.75, 3.05) is 4.90 Å². The van der Waals surface area contributed by atoms with Crippen molar-refractivity contribution in [1.82, 2.24) is 0 Å². The summed E-state index contributed by atoms with van der Waals surface area (Å²) >= 11 is 7.17. The lowest BCUT2D eigenvalue weighted by atomic mass is 9.77. The van der Waals surface area contributed by atoms with Gasteiger partial charge in [0.25, 0.3) is 0 Å². The maximum absolute atomic E-state index is 3.58. The standard InChI is InChI=1S/C31H27Br2N/c32-25-10-14-27(15-11-25)34(28-16-12-26(33)13-17-28)29-6-2-5-23(19-29)24-9-18-30-21-3-1-4-22(8-7-21)31(30)20-24/h2,5-6,9-22H,1,3-4,7-8H2. The van der Waals surface area contributed by atoms with Gasteiger partial charge in [0.05, 0.1) is 0 Å². The lowest BCUT2D eigenvalue weighted by Crippen LogP contribution is -2.11. The molecule has 0 amide bonds. The Morgan fingerprint density at radius 3 is 1.76 bits per heavy atom. The molecule has 0 radical (unpaired) electrons. The topological polar surface area (TPSA) is 3.24 Å². The summed E-state index contributed by atoms with van der Waals surface area (Å²) in [5.41, 5.74) is 9.30. The molecule has 7 rings (SSSR count). The van der Waals surface area contributed by atoms with Crippen LogP contribution in [0.25, 0.3) is 11.1 Å². The molecular formula is C31H27Br2N. The molecule has 1 nitrogen and oxygen atoms in total. The summed E-state index contributed by atoms with van der Waals surface area (Å²) in [6.45, 7) is 0. The van der Waals surface area contributed by atoms with Crippen LogP contribution in [0.1, 0.15) is 55.1 Å². The number of benzene rings is 4. The molecular weight excluding hydrogens is 546 g/mol. The highest BCUT2D eigenvalue weighted by Crippen LogP contribution is 2.48. The molecule has 2 bridgehead atoms. The van der Waals surface area contributed by atoms with Gasteiger partial charge >= 0.3 is 0 Å². The van der Waals surface area contributed by atoms with Crippen molar-refractivity contribution < 1.29 is 0 Å². The van der Waals surface area contributed by atoms with Crippen LogP contribution in [0.5, 0.6) is 0 Å². The van der Waals surface area contributed by atoms with Gasteiger partial charge in [0.2, 0.25) is 0 Å². The smallest absolute Gasteiger partial charge is 0.0467 e. The molecule has 0 spiro atoms. The minimum Gasteiger partial charge on any atom is -0.310 e. The molecule has 3 aliphatic carbocycles. The minimum atomic E-state index is 0.749.